The molecule has 1 aromatic rings. The van der Waals surface area contributed by atoms with E-state index in [0.717, 1.165) is 25.7 Å². The quantitative estimate of drug-likeness (QED) is 0.622. The number of hydrogen-bond donors (Lipinski definition) is 0. The number of rotatable bonds is 7. The lowest BCUT2D eigenvalue weighted by Crippen LogP contribution is -2.11. The van der Waals surface area contributed by atoms with Crippen LogP contribution in [0.25, 0.3) is 0 Å². The Morgan fingerprint density at radius 3 is 2.38 bits per heavy atom. The van der Waals surface area contributed by atoms with Crippen LogP contribution in [0.4, 0.5) is 0 Å². The first-order valence-corrected chi connectivity index (χ1v) is 6.37. The molecule has 0 heterocycles. The highest BCUT2D eigenvalue weighted by Gasteiger charge is 2.17. The highest BCUT2D eigenvalue weighted by atomic mass is 16.1. The molecule has 0 aliphatic carbocycles. The lowest BCUT2D eigenvalue weighted by molar-refractivity contribution is -0.120. The molecule has 0 unspecified atom stereocenters. The van der Waals surface area contributed by atoms with E-state index in [4.69, 9.17) is 0 Å². The Kier molecular flexibility index (Phi) is 5.84. The minimum atomic E-state index is 0.109. The van der Waals surface area contributed by atoms with E-state index in [0.29, 0.717) is 5.78 Å². The fourth-order valence-corrected chi connectivity index (χ4v) is 2.06. The number of benzene rings is 1. The van der Waals surface area contributed by atoms with Gasteiger partial charge in [0.15, 0.2) is 0 Å². The first-order chi connectivity index (χ1) is 7.79. The minimum Gasteiger partial charge on any atom is -0.299 e. The fourth-order valence-electron chi connectivity index (χ4n) is 2.06. The Morgan fingerprint density at radius 1 is 1.12 bits per heavy atom. The van der Waals surface area contributed by atoms with Crippen LogP contribution in [0.2, 0.25) is 0 Å². The van der Waals surface area contributed by atoms with Gasteiger partial charge in [-0.1, -0.05) is 57.0 Å². The largest absolute Gasteiger partial charge is 0.299 e. The summed E-state index contributed by atoms with van der Waals surface area (Å²) < 4.78 is 0. The lowest BCUT2D eigenvalue weighted by atomic mass is 9.90. The third-order valence-electron chi connectivity index (χ3n) is 3.03. The predicted molar refractivity (Wildman–Crippen MR) is 68.6 cm³/mol. The van der Waals surface area contributed by atoms with E-state index < -0.39 is 0 Å². The van der Waals surface area contributed by atoms with Gasteiger partial charge in [0.25, 0.3) is 0 Å². The molecule has 0 spiro atoms. The third-order valence-corrected chi connectivity index (χ3v) is 3.03. The number of carbonyl (C=O) groups is 1. The molecule has 0 saturated heterocycles. The zero-order valence-electron chi connectivity index (χ0n) is 10.4. The average Bonchev–Trinajstić information content (AvgIpc) is 2.32. The molecule has 0 amide bonds. The van der Waals surface area contributed by atoms with Crippen molar-refractivity contribution in [3.05, 3.63) is 35.9 Å². The summed E-state index contributed by atoms with van der Waals surface area (Å²) in [5, 5.41) is 0. The van der Waals surface area contributed by atoms with E-state index in [-0.39, 0.29) is 5.92 Å². The Bertz CT molecular complexity index is 302. The third kappa shape index (κ3) is 3.80. The topological polar surface area (TPSA) is 17.1 Å². The number of unbranched alkanes of at least 4 members (excludes halogenated alkanes) is 2. The molecule has 1 atom stereocenters. The van der Waals surface area contributed by atoms with E-state index >= 15 is 0 Å². The normalized spacial score (nSPS) is 12.4. The second-order valence-corrected chi connectivity index (χ2v) is 4.29. The fraction of sp³-hybridized carbons (Fsp3) is 0.533. The van der Waals surface area contributed by atoms with E-state index in [1.807, 2.05) is 18.2 Å². The molecule has 0 saturated carbocycles. The first kappa shape index (κ1) is 13.0. The molecule has 88 valence electrons. The van der Waals surface area contributed by atoms with Gasteiger partial charge in [0.2, 0.25) is 0 Å². The minimum absolute atomic E-state index is 0.109. The molecule has 1 rings (SSSR count). The molecule has 1 aromatic carbocycles. The van der Waals surface area contributed by atoms with E-state index in [9.17, 15) is 4.79 Å². The van der Waals surface area contributed by atoms with Crippen molar-refractivity contribution >= 4 is 5.78 Å². The van der Waals surface area contributed by atoms with Crippen LogP contribution in [0.1, 0.15) is 57.4 Å². The van der Waals surface area contributed by atoms with Crippen molar-refractivity contribution in [2.75, 3.05) is 0 Å². The van der Waals surface area contributed by atoms with Crippen LogP contribution in [-0.2, 0) is 4.79 Å². The van der Waals surface area contributed by atoms with Gasteiger partial charge in [-0.25, -0.2) is 0 Å². The summed E-state index contributed by atoms with van der Waals surface area (Å²) in [6.07, 6.45) is 5.03. The summed E-state index contributed by atoms with van der Waals surface area (Å²) in [6.45, 7) is 4.26. The van der Waals surface area contributed by atoms with Crippen molar-refractivity contribution in [1.29, 1.82) is 0 Å². The van der Waals surface area contributed by atoms with Crippen LogP contribution in [0.5, 0.6) is 0 Å². The Morgan fingerprint density at radius 2 is 1.81 bits per heavy atom. The number of hydrogen-bond acceptors (Lipinski definition) is 1. The second-order valence-electron chi connectivity index (χ2n) is 4.29. The zero-order valence-corrected chi connectivity index (χ0v) is 10.4. The SMILES string of the molecule is CCCCCC(=O)[C@@H](CC)c1ccccc1. The predicted octanol–water partition coefficient (Wildman–Crippen LogP) is 4.33. The van der Waals surface area contributed by atoms with Gasteiger partial charge in [0, 0.05) is 12.3 Å². The number of carbonyl (C=O) groups excluding carboxylic acids is 1. The van der Waals surface area contributed by atoms with Gasteiger partial charge in [0.1, 0.15) is 5.78 Å². The van der Waals surface area contributed by atoms with E-state index in [1.54, 1.807) is 0 Å². The lowest BCUT2D eigenvalue weighted by Gasteiger charge is -2.13. The molecule has 0 radical (unpaired) electrons. The van der Waals surface area contributed by atoms with Gasteiger partial charge >= 0.3 is 0 Å². The molecule has 0 bridgehead atoms. The van der Waals surface area contributed by atoms with Gasteiger partial charge in [-0.2, -0.15) is 0 Å². The van der Waals surface area contributed by atoms with Gasteiger partial charge in [-0.3, -0.25) is 4.79 Å². The highest BCUT2D eigenvalue weighted by Crippen LogP contribution is 2.22. The molecular formula is C15H22O. The maximum absolute atomic E-state index is 12.0. The van der Waals surface area contributed by atoms with Gasteiger partial charge in [-0.15, -0.1) is 0 Å². The van der Waals surface area contributed by atoms with Gasteiger partial charge < -0.3 is 0 Å². The zero-order chi connectivity index (χ0) is 11.8. The molecule has 0 aliphatic rings. The summed E-state index contributed by atoms with van der Waals surface area (Å²) in [5.74, 6) is 0.514. The first-order valence-electron chi connectivity index (χ1n) is 6.37. The van der Waals surface area contributed by atoms with Crippen LogP contribution < -0.4 is 0 Å². The summed E-state index contributed by atoms with van der Waals surface area (Å²) in [5.41, 5.74) is 1.17. The van der Waals surface area contributed by atoms with Crippen LogP contribution in [0.15, 0.2) is 30.3 Å². The maximum atomic E-state index is 12.0. The van der Waals surface area contributed by atoms with Crippen molar-refractivity contribution in [1.82, 2.24) is 0 Å². The molecule has 0 fully saturated rings. The summed E-state index contributed by atoms with van der Waals surface area (Å²) in [6, 6.07) is 10.1. The standard InChI is InChI=1S/C15H22O/c1-3-5-7-12-15(16)14(4-2)13-10-8-6-9-11-13/h6,8-11,14H,3-5,7,12H2,1-2H3/t14-/m0/s1. The molecule has 1 heteroatoms. The molecule has 0 N–H and O–H groups in total. The molecule has 16 heavy (non-hydrogen) atoms. The van der Waals surface area contributed by atoms with Crippen molar-refractivity contribution in [2.45, 2.75) is 51.9 Å². The monoisotopic (exact) mass is 218 g/mol. The molecular weight excluding hydrogens is 196 g/mol. The van der Waals surface area contributed by atoms with Crippen molar-refractivity contribution < 1.29 is 4.79 Å². The van der Waals surface area contributed by atoms with Crippen molar-refractivity contribution in [3.63, 3.8) is 0 Å². The summed E-state index contributed by atoms with van der Waals surface area (Å²) in [7, 11) is 0. The van der Waals surface area contributed by atoms with E-state index in [1.165, 1.54) is 12.0 Å². The highest BCUT2D eigenvalue weighted by molar-refractivity contribution is 5.85. The molecule has 1 nitrogen and oxygen atoms in total. The Hall–Kier alpha value is -1.11. The smallest absolute Gasteiger partial charge is 0.140 e. The van der Waals surface area contributed by atoms with Crippen LogP contribution in [0, 0.1) is 0 Å². The van der Waals surface area contributed by atoms with Crippen molar-refractivity contribution in [2.24, 2.45) is 0 Å². The average molecular weight is 218 g/mol. The van der Waals surface area contributed by atoms with Crippen molar-refractivity contribution in [3.8, 4) is 0 Å². The van der Waals surface area contributed by atoms with Gasteiger partial charge in [0.05, 0.1) is 0 Å². The molecule has 0 aromatic heterocycles. The summed E-state index contributed by atoms with van der Waals surface area (Å²) in [4.78, 5) is 12.0. The van der Waals surface area contributed by atoms with E-state index in [2.05, 4.69) is 26.0 Å². The Balaban J connectivity index is 2.57. The Labute approximate surface area is 98.9 Å². The summed E-state index contributed by atoms with van der Waals surface area (Å²) >= 11 is 0. The maximum Gasteiger partial charge on any atom is 0.140 e. The van der Waals surface area contributed by atoms with Gasteiger partial charge in [-0.05, 0) is 18.4 Å². The number of Topliss-reactive ketones (excluding diaryl/α,β-unsaturated/α-hetero) is 1. The second kappa shape index (κ2) is 7.21. The van der Waals surface area contributed by atoms with Crippen LogP contribution >= 0.6 is 0 Å². The molecule has 0 aliphatic heterocycles. The number of ketones is 1. The van der Waals surface area contributed by atoms with Crippen LogP contribution in [0.3, 0.4) is 0 Å². The van der Waals surface area contributed by atoms with Crippen LogP contribution in [-0.4, -0.2) is 5.78 Å².